The summed E-state index contributed by atoms with van der Waals surface area (Å²) >= 11 is 12.7. The number of ether oxygens (including phenoxy) is 2. The van der Waals surface area contributed by atoms with E-state index in [1.807, 2.05) is 30.3 Å². The number of carbonyl (C=O) groups excluding carboxylic acids is 2. The zero-order valence-corrected chi connectivity index (χ0v) is 21.7. The predicted octanol–water partition coefficient (Wildman–Crippen LogP) is 4.70. The van der Waals surface area contributed by atoms with E-state index in [1.54, 1.807) is 12.1 Å². The largest absolute Gasteiger partial charge is 0.509 e. The van der Waals surface area contributed by atoms with Gasteiger partial charge in [0, 0.05) is 23.2 Å². The number of amides is 1. The second-order valence-electron chi connectivity index (χ2n) is 8.45. The lowest BCUT2D eigenvalue weighted by molar-refractivity contribution is -0.605. The van der Waals surface area contributed by atoms with Crippen LogP contribution in [0.2, 0.25) is 10.0 Å². The van der Waals surface area contributed by atoms with Crippen LogP contribution in [-0.4, -0.2) is 36.2 Å². The molecule has 204 valence electrons. The second-order valence-corrected chi connectivity index (χ2v) is 9.27. The molecule has 1 atom stereocenters. The molecule has 0 aliphatic rings. The predicted molar refractivity (Wildman–Crippen MR) is 137 cm³/mol. The van der Waals surface area contributed by atoms with Crippen molar-refractivity contribution in [2.75, 3.05) is 12.8 Å². The van der Waals surface area contributed by atoms with Crippen LogP contribution in [0.5, 0.6) is 5.75 Å². The molecule has 1 amide bonds. The number of hydrogen-bond donors (Lipinski definition) is 2. The number of aromatic nitrogens is 1. The van der Waals surface area contributed by atoms with E-state index in [4.69, 9.17) is 38.1 Å². The number of carbonyl (C=O) groups is 2. The Balaban J connectivity index is 1.55. The average Bonchev–Trinajstić information content (AvgIpc) is 3.31. The summed E-state index contributed by atoms with van der Waals surface area (Å²) in [4.78, 5) is 27.9. The Hall–Kier alpha value is -3.80. The zero-order chi connectivity index (χ0) is 28.3. The molecule has 0 spiro atoms. The number of nitrogens with zero attached hydrogens (tertiary/aromatic N) is 1. The monoisotopic (exact) mass is 582 g/mol. The molecule has 0 bridgehead atoms. The van der Waals surface area contributed by atoms with Crippen LogP contribution in [0.15, 0.2) is 59.0 Å². The third kappa shape index (κ3) is 6.62. The summed E-state index contributed by atoms with van der Waals surface area (Å²) in [5.41, 5.74) is 9.09. The van der Waals surface area contributed by atoms with E-state index in [9.17, 15) is 22.8 Å². The fourth-order valence-corrected chi connectivity index (χ4v) is 4.49. The summed E-state index contributed by atoms with van der Waals surface area (Å²) in [5.74, 6) is -2.69. The van der Waals surface area contributed by atoms with Crippen molar-refractivity contribution in [3.8, 4) is 17.2 Å². The summed E-state index contributed by atoms with van der Waals surface area (Å²) in [6.07, 6.45) is -5.44. The fourth-order valence-electron chi connectivity index (χ4n) is 3.85. The molecule has 39 heavy (non-hydrogen) atoms. The highest BCUT2D eigenvalue weighted by molar-refractivity contribution is 6.37. The number of primary amides is 1. The first-order valence-corrected chi connectivity index (χ1v) is 12.1. The number of esters is 1. The number of nitrogens with two attached hydrogens (primary N) is 2. The summed E-state index contributed by atoms with van der Waals surface area (Å²) in [6, 6.07) is 13.9. The Kier molecular flexibility index (Phi) is 8.34. The molecular weight excluding hydrogens is 562 g/mol. The molecule has 3 aromatic carbocycles. The number of hydrogen-bond acceptors (Lipinski definition) is 7. The van der Waals surface area contributed by atoms with Crippen LogP contribution in [0.1, 0.15) is 11.1 Å². The Morgan fingerprint density at radius 2 is 1.77 bits per heavy atom. The minimum Gasteiger partial charge on any atom is -0.486 e. The van der Waals surface area contributed by atoms with Crippen molar-refractivity contribution in [1.29, 1.82) is 0 Å². The maximum absolute atomic E-state index is 12.7. The number of benzene rings is 3. The number of fused-ring (bicyclic) bond motifs is 1. The lowest BCUT2D eigenvalue weighted by atomic mass is 10.1. The van der Waals surface area contributed by atoms with E-state index in [1.165, 1.54) is 12.1 Å². The van der Waals surface area contributed by atoms with Gasteiger partial charge < -0.3 is 19.6 Å². The molecule has 0 aliphatic carbocycles. The fraction of sp³-hybridized carbons (Fsp3) is 0.192. The van der Waals surface area contributed by atoms with E-state index in [0.717, 1.165) is 12.7 Å². The van der Waals surface area contributed by atoms with Crippen molar-refractivity contribution in [2.24, 2.45) is 0 Å². The quantitative estimate of drug-likeness (QED) is 0.228. The van der Waals surface area contributed by atoms with Crippen molar-refractivity contribution in [3.63, 3.8) is 0 Å². The third-order valence-electron chi connectivity index (χ3n) is 5.63. The smallest absolute Gasteiger partial charge is 0.486 e. The van der Waals surface area contributed by atoms with E-state index < -0.39 is 24.1 Å². The minimum absolute atomic E-state index is 0.0333. The highest BCUT2D eigenvalue weighted by Crippen LogP contribution is 2.36. The summed E-state index contributed by atoms with van der Waals surface area (Å²) in [6.45, 7) is -0.0532. The van der Waals surface area contributed by atoms with Crippen LogP contribution >= 0.6 is 23.2 Å². The van der Waals surface area contributed by atoms with Gasteiger partial charge in [0.1, 0.15) is 12.1 Å². The van der Waals surface area contributed by atoms with Crippen molar-refractivity contribution in [3.05, 3.63) is 75.8 Å². The molecule has 0 fully saturated rings. The van der Waals surface area contributed by atoms with Crippen molar-refractivity contribution >= 4 is 51.9 Å². The Bertz CT molecular complexity index is 1500. The lowest BCUT2D eigenvalue weighted by Crippen LogP contribution is -2.98. The molecule has 1 heterocycles. The molecular formula is C26H21Cl2F3N3O5+. The van der Waals surface area contributed by atoms with Gasteiger partial charge in [-0.15, -0.1) is 0 Å². The molecule has 8 nitrogen and oxygen atoms in total. The molecule has 0 unspecified atom stereocenters. The number of halogens is 5. The molecule has 0 saturated carbocycles. The van der Waals surface area contributed by atoms with Crippen LogP contribution in [0.4, 0.5) is 18.9 Å². The first kappa shape index (κ1) is 28.2. The molecule has 4 N–H and O–H groups in total. The van der Waals surface area contributed by atoms with Crippen LogP contribution in [-0.2, 0) is 27.4 Å². The van der Waals surface area contributed by atoms with Gasteiger partial charge in [0.2, 0.25) is 5.89 Å². The van der Waals surface area contributed by atoms with Gasteiger partial charge in [0.15, 0.2) is 17.4 Å². The van der Waals surface area contributed by atoms with E-state index in [0.29, 0.717) is 28.2 Å². The van der Waals surface area contributed by atoms with Crippen LogP contribution < -0.4 is 15.8 Å². The van der Waals surface area contributed by atoms with E-state index in [-0.39, 0.29) is 39.7 Å². The van der Waals surface area contributed by atoms with Crippen LogP contribution in [0, 0.1) is 0 Å². The van der Waals surface area contributed by atoms with Crippen molar-refractivity contribution in [1.82, 2.24) is 4.98 Å². The van der Waals surface area contributed by atoms with E-state index >= 15 is 0 Å². The average molecular weight is 583 g/mol. The van der Waals surface area contributed by atoms with Gasteiger partial charge in [-0.1, -0.05) is 41.4 Å². The van der Waals surface area contributed by atoms with Crippen molar-refractivity contribution in [2.45, 2.75) is 25.2 Å². The molecule has 13 heteroatoms. The number of methoxy groups -OCH3 is 1. The first-order chi connectivity index (χ1) is 18.5. The van der Waals surface area contributed by atoms with Gasteiger partial charge in [-0.25, -0.2) is 14.6 Å². The molecule has 1 aromatic heterocycles. The molecule has 0 radical (unpaired) electrons. The molecule has 4 rings (SSSR count). The van der Waals surface area contributed by atoms with Gasteiger partial charge in [0.05, 0.1) is 17.2 Å². The number of quaternary nitrogens is 1. The molecule has 4 aromatic rings. The maximum atomic E-state index is 12.7. The van der Waals surface area contributed by atoms with E-state index in [2.05, 4.69) is 9.72 Å². The summed E-state index contributed by atoms with van der Waals surface area (Å²) in [7, 11) is 1.00. The number of alkyl halides is 3. The van der Waals surface area contributed by atoms with Crippen LogP contribution in [0.25, 0.3) is 22.6 Å². The number of oxazole rings is 1. The normalized spacial score (nSPS) is 12.4. The Labute approximate surface area is 229 Å². The number of rotatable bonds is 8. The summed E-state index contributed by atoms with van der Waals surface area (Å²) in [5, 5.41) is 0.335. The topological polar surface area (TPSA) is 121 Å². The second kappa shape index (κ2) is 11.5. The highest BCUT2D eigenvalue weighted by Gasteiger charge is 2.45. The maximum Gasteiger partial charge on any atom is 0.509 e. The lowest BCUT2D eigenvalue weighted by Gasteiger charge is -2.15. The van der Waals surface area contributed by atoms with Crippen molar-refractivity contribution < 1.29 is 42.0 Å². The van der Waals surface area contributed by atoms with Gasteiger partial charge >= 0.3 is 18.1 Å². The van der Waals surface area contributed by atoms with Gasteiger partial charge in [0.25, 0.3) is 0 Å². The third-order valence-corrected chi connectivity index (χ3v) is 6.19. The Morgan fingerprint density at radius 1 is 1.10 bits per heavy atom. The Morgan fingerprint density at radius 3 is 2.38 bits per heavy atom. The number of anilines is 1. The van der Waals surface area contributed by atoms with Gasteiger partial charge in [-0.3, -0.25) is 5.32 Å². The molecule has 0 aliphatic heterocycles. The molecule has 0 saturated heterocycles. The number of nitrogen functional groups attached to an aromatic ring is 1. The standard InChI is InChI=1S/C26H20Cl2F3N3O5/c1-37-24(35)20(34-25(36)26(29,30)31)9-13-7-17(27)22(18(28)8-13)38-12-15-10-16(32)11-19-21(15)39-23(33-19)14-5-3-2-4-6-14/h2-8,10-11,20H,9,12,32H2,1H3,(H,34,36)/p+1/t20-/m0/s1. The zero-order valence-electron chi connectivity index (χ0n) is 20.2. The van der Waals surface area contributed by atoms with Gasteiger partial charge in [-0.05, 0) is 42.0 Å². The van der Waals surface area contributed by atoms with Crippen LogP contribution in [0.3, 0.4) is 0 Å². The summed E-state index contributed by atoms with van der Waals surface area (Å²) < 4.78 is 54.5. The SMILES string of the molecule is COC(=O)[C@H](Cc1cc(Cl)c(OCc2cc(N)cc3nc(-c4ccccc4)oc23)c(Cl)c1)[NH2+]C(=O)C(F)(F)F. The first-order valence-electron chi connectivity index (χ1n) is 11.3. The highest BCUT2D eigenvalue weighted by atomic mass is 35.5. The minimum atomic E-state index is -5.13. The van der Waals surface area contributed by atoms with Gasteiger partial charge in [-0.2, -0.15) is 13.2 Å².